The largest absolute Gasteiger partial charge is 0.496 e. The molecule has 0 aliphatic carbocycles. The van der Waals surface area contributed by atoms with Crippen molar-refractivity contribution in [3.63, 3.8) is 0 Å². The Balaban J connectivity index is 2.30. The Morgan fingerprint density at radius 2 is 1.89 bits per heavy atom. The van der Waals surface area contributed by atoms with E-state index in [9.17, 15) is 18.0 Å². The number of methoxy groups -OCH3 is 1. The van der Waals surface area contributed by atoms with Gasteiger partial charge in [0, 0.05) is 11.5 Å². The van der Waals surface area contributed by atoms with Crippen molar-refractivity contribution in [2.75, 3.05) is 12.8 Å². The van der Waals surface area contributed by atoms with Crippen LogP contribution in [-0.2, 0) is 22.3 Å². The average Bonchev–Trinajstić information content (AvgIpc) is 2.85. The number of esters is 1. The minimum atomic E-state index is -4.64. The van der Waals surface area contributed by atoms with Crippen molar-refractivity contribution in [3.05, 3.63) is 24.0 Å². The van der Waals surface area contributed by atoms with Crippen LogP contribution in [0.25, 0.3) is 21.9 Å². The lowest BCUT2D eigenvalue weighted by molar-refractivity contribution is -0.155. The molecule has 0 aliphatic rings. The van der Waals surface area contributed by atoms with E-state index in [4.69, 9.17) is 15.2 Å². The Hall–Kier alpha value is -3.04. The van der Waals surface area contributed by atoms with E-state index in [1.807, 2.05) is 0 Å². The fourth-order valence-electron chi connectivity index (χ4n) is 3.01. The van der Waals surface area contributed by atoms with E-state index in [1.54, 1.807) is 20.8 Å². The number of alkyl halides is 3. The molecule has 1 aromatic carbocycles. The topological polar surface area (TPSA) is 92.3 Å². The van der Waals surface area contributed by atoms with Gasteiger partial charge in [0.15, 0.2) is 0 Å². The van der Waals surface area contributed by atoms with Crippen molar-refractivity contribution in [1.82, 2.24) is 14.5 Å². The zero-order valence-electron chi connectivity index (χ0n) is 15.7. The molecule has 0 saturated heterocycles. The minimum Gasteiger partial charge on any atom is -0.496 e. The van der Waals surface area contributed by atoms with E-state index < -0.39 is 23.3 Å². The summed E-state index contributed by atoms with van der Waals surface area (Å²) in [4.78, 5) is 20.3. The van der Waals surface area contributed by atoms with E-state index in [2.05, 4.69) is 9.97 Å². The van der Waals surface area contributed by atoms with E-state index in [1.165, 1.54) is 17.0 Å². The van der Waals surface area contributed by atoms with Crippen molar-refractivity contribution < 1.29 is 27.4 Å². The Morgan fingerprint density at radius 1 is 1.21 bits per heavy atom. The number of nitrogens with two attached hydrogens (primary N) is 1. The lowest BCUT2D eigenvalue weighted by atomic mass is 10.1. The zero-order chi connectivity index (χ0) is 20.9. The maximum atomic E-state index is 13.4. The smallest absolute Gasteiger partial charge is 0.419 e. The highest BCUT2D eigenvalue weighted by atomic mass is 19.4. The van der Waals surface area contributed by atoms with Crippen LogP contribution in [0.2, 0.25) is 0 Å². The molecule has 3 aromatic rings. The van der Waals surface area contributed by atoms with Gasteiger partial charge in [-0.05, 0) is 26.8 Å². The summed E-state index contributed by atoms with van der Waals surface area (Å²) in [5, 5.41) is 0.402. The van der Waals surface area contributed by atoms with Crippen molar-refractivity contribution in [2.45, 2.75) is 39.1 Å². The monoisotopic (exact) mass is 396 g/mol. The van der Waals surface area contributed by atoms with Gasteiger partial charge < -0.3 is 19.8 Å². The summed E-state index contributed by atoms with van der Waals surface area (Å²) in [5.41, 5.74) is 4.77. The van der Waals surface area contributed by atoms with Gasteiger partial charge in [-0.2, -0.15) is 13.2 Å². The molecule has 2 heterocycles. The average molecular weight is 396 g/mol. The number of hydrogen-bond acceptors (Lipinski definition) is 6. The molecule has 0 amide bonds. The highest BCUT2D eigenvalue weighted by molar-refractivity contribution is 6.12. The molecular weight excluding hydrogens is 377 g/mol. The highest BCUT2D eigenvalue weighted by Gasteiger charge is 2.35. The van der Waals surface area contributed by atoms with Crippen LogP contribution in [0.4, 0.5) is 19.0 Å². The maximum Gasteiger partial charge on any atom is 0.419 e. The predicted octanol–water partition coefficient (Wildman–Crippen LogP) is 3.54. The number of nitrogen functional groups attached to an aromatic ring is 1. The summed E-state index contributed by atoms with van der Waals surface area (Å²) in [7, 11) is 1.14. The van der Waals surface area contributed by atoms with Crippen LogP contribution in [0.3, 0.4) is 0 Å². The quantitative estimate of drug-likeness (QED) is 0.681. The van der Waals surface area contributed by atoms with E-state index in [0.717, 1.165) is 13.2 Å². The molecule has 28 heavy (non-hydrogen) atoms. The van der Waals surface area contributed by atoms with Crippen LogP contribution >= 0.6 is 0 Å². The molecule has 2 aromatic heterocycles. The molecule has 10 heteroatoms. The van der Waals surface area contributed by atoms with Crippen LogP contribution < -0.4 is 10.5 Å². The number of hydrogen-bond donors (Lipinski definition) is 1. The number of aromatic nitrogens is 3. The number of carbonyl (C=O) groups is 1. The van der Waals surface area contributed by atoms with Crippen LogP contribution in [0.15, 0.2) is 18.5 Å². The summed E-state index contributed by atoms with van der Waals surface area (Å²) in [6.07, 6.45) is -3.45. The van der Waals surface area contributed by atoms with Crippen molar-refractivity contribution in [3.8, 4) is 5.75 Å². The molecular formula is C18H19F3N4O3. The molecule has 2 N–H and O–H groups in total. The van der Waals surface area contributed by atoms with Crippen molar-refractivity contribution >= 4 is 33.7 Å². The number of fused-ring (bicyclic) bond motifs is 3. The molecule has 0 atom stereocenters. The standard InChI is InChI=1S/C18H19F3N4O3/c1-17(2,3)28-13(26)7-25-11-6-12(27-4)10(18(19,20)21)5-9(11)14-15(22)23-8-24-16(14)25/h5-6,8H,7H2,1-4H3,(H2,22,23,24). The first-order chi connectivity index (χ1) is 12.9. The third kappa shape index (κ3) is 3.54. The van der Waals surface area contributed by atoms with Crippen LogP contribution in [-0.4, -0.2) is 33.2 Å². The van der Waals surface area contributed by atoms with Crippen LogP contribution in [0, 0.1) is 0 Å². The fourth-order valence-corrected chi connectivity index (χ4v) is 3.01. The summed E-state index contributed by atoms with van der Waals surface area (Å²) >= 11 is 0. The first-order valence-electron chi connectivity index (χ1n) is 8.32. The molecule has 0 unspecified atom stereocenters. The number of anilines is 1. The first-order valence-corrected chi connectivity index (χ1v) is 8.32. The van der Waals surface area contributed by atoms with Crippen LogP contribution in [0.5, 0.6) is 5.75 Å². The molecule has 150 valence electrons. The van der Waals surface area contributed by atoms with Gasteiger partial charge in [0.25, 0.3) is 0 Å². The number of rotatable bonds is 3. The molecule has 0 radical (unpaired) electrons. The second kappa shape index (κ2) is 6.54. The van der Waals surface area contributed by atoms with Gasteiger partial charge in [-0.15, -0.1) is 0 Å². The number of carbonyl (C=O) groups excluding carboxylic acids is 1. The fraction of sp³-hybridized carbons (Fsp3) is 0.389. The Kier molecular flexibility index (Phi) is 4.60. The Morgan fingerprint density at radius 3 is 2.46 bits per heavy atom. The summed E-state index contributed by atoms with van der Waals surface area (Å²) < 4.78 is 52.0. The van der Waals surface area contributed by atoms with Gasteiger partial charge in [0.05, 0.1) is 23.6 Å². The van der Waals surface area contributed by atoms with Gasteiger partial charge in [-0.25, -0.2) is 9.97 Å². The molecule has 0 saturated carbocycles. The SMILES string of the molecule is COc1cc2c(cc1C(F)(F)F)c1c(N)ncnc1n2CC(=O)OC(C)(C)C. The Labute approximate surface area is 158 Å². The molecule has 0 spiro atoms. The van der Waals surface area contributed by atoms with E-state index in [-0.39, 0.29) is 34.5 Å². The number of ether oxygens (including phenoxy) is 2. The Bertz CT molecular complexity index is 1070. The molecule has 0 fully saturated rings. The molecule has 0 bridgehead atoms. The van der Waals surface area contributed by atoms with Crippen molar-refractivity contribution in [1.29, 1.82) is 0 Å². The lowest BCUT2D eigenvalue weighted by Crippen LogP contribution is -2.26. The van der Waals surface area contributed by atoms with Crippen molar-refractivity contribution in [2.24, 2.45) is 0 Å². The minimum absolute atomic E-state index is 0.0104. The van der Waals surface area contributed by atoms with Crippen LogP contribution in [0.1, 0.15) is 26.3 Å². The second-order valence-electron chi connectivity index (χ2n) is 7.20. The number of benzene rings is 1. The molecule has 0 aliphatic heterocycles. The summed E-state index contributed by atoms with van der Waals surface area (Å²) in [6.45, 7) is 4.89. The second-order valence-corrected chi connectivity index (χ2v) is 7.20. The van der Waals surface area contributed by atoms with Gasteiger partial charge in [0.1, 0.15) is 35.7 Å². The highest BCUT2D eigenvalue weighted by Crippen LogP contribution is 2.41. The summed E-state index contributed by atoms with van der Waals surface area (Å²) in [6, 6.07) is 2.14. The normalized spacial score (nSPS) is 12.5. The predicted molar refractivity (Wildman–Crippen MR) is 96.8 cm³/mol. The summed E-state index contributed by atoms with van der Waals surface area (Å²) in [5.74, 6) is -0.932. The van der Waals surface area contributed by atoms with Gasteiger partial charge in [-0.1, -0.05) is 0 Å². The maximum absolute atomic E-state index is 13.4. The van der Waals surface area contributed by atoms with E-state index in [0.29, 0.717) is 5.52 Å². The van der Waals surface area contributed by atoms with E-state index >= 15 is 0 Å². The molecule has 7 nitrogen and oxygen atoms in total. The molecule has 3 rings (SSSR count). The number of nitrogens with zero attached hydrogens (tertiary/aromatic N) is 3. The van der Waals surface area contributed by atoms with Gasteiger partial charge in [-0.3, -0.25) is 4.79 Å². The zero-order valence-corrected chi connectivity index (χ0v) is 15.7. The van der Waals surface area contributed by atoms with Gasteiger partial charge >= 0.3 is 12.1 Å². The third-order valence-electron chi connectivity index (χ3n) is 4.00. The lowest BCUT2D eigenvalue weighted by Gasteiger charge is -2.20. The number of halogens is 3. The third-order valence-corrected chi connectivity index (χ3v) is 4.00. The first kappa shape index (κ1) is 19.7. The van der Waals surface area contributed by atoms with Gasteiger partial charge in [0.2, 0.25) is 0 Å².